The Labute approximate surface area is 134 Å². The van der Waals surface area contributed by atoms with E-state index >= 15 is 0 Å². The third-order valence-electron chi connectivity index (χ3n) is 4.37. The van der Waals surface area contributed by atoms with E-state index in [9.17, 15) is 5.11 Å². The summed E-state index contributed by atoms with van der Waals surface area (Å²) >= 11 is 0. The standard InChI is InChI=1S/C16H20N6O/c1-13-2-3-15-18-14(10-21(15)8-13)9-20-6-4-16(23,11-20)12-22-7-5-17-19-22/h2-3,5,7-8,10,23H,4,6,9,11-12H2,1H3. The van der Waals surface area contributed by atoms with Crippen LogP contribution in [-0.4, -0.2) is 53.1 Å². The number of fused-ring (bicyclic) bond motifs is 1. The van der Waals surface area contributed by atoms with Crippen molar-refractivity contribution in [2.24, 2.45) is 0 Å². The van der Waals surface area contributed by atoms with Crippen LogP contribution >= 0.6 is 0 Å². The Morgan fingerprint density at radius 1 is 1.30 bits per heavy atom. The second-order valence-corrected chi connectivity index (χ2v) is 6.49. The first kappa shape index (κ1) is 14.3. The average Bonchev–Trinajstić information content (AvgIpc) is 3.20. The largest absolute Gasteiger partial charge is 0.387 e. The first-order valence-corrected chi connectivity index (χ1v) is 7.83. The molecule has 4 rings (SSSR count). The summed E-state index contributed by atoms with van der Waals surface area (Å²) in [4.78, 5) is 6.89. The van der Waals surface area contributed by atoms with Crippen LogP contribution in [-0.2, 0) is 13.1 Å². The molecule has 0 bridgehead atoms. The molecule has 0 aliphatic carbocycles. The topological polar surface area (TPSA) is 71.5 Å². The van der Waals surface area contributed by atoms with E-state index < -0.39 is 5.60 Å². The average molecular weight is 312 g/mol. The van der Waals surface area contributed by atoms with E-state index in [0.29, 0.717) is 13.1 Å². The Morgan fingerprint density at radius 2 is 2.22 bits per heavy atom. The quantitative estimate of drug-likeness (QED) is 0.774. The smallest absolute Gasteiger partial charge is 0.137 e. The molecule has 7 heteroatoms. The zero-order valence-electron chi connectivity index (χ0n) is 13.1. The number of aliphatic hydroxyl groups is 1. The molecule has 1 fully saturated rings. The van der Waals surface area contributed by atoms with Crippen molar-refractivity contribution in [1.29, 1.82) is 0 Å². The summed E-state index contributed by atoms with van der Waals surface area (Å²) in [5, 5.41) is 18.5. The van der Waals surface area contributed by atoms with Gasteiger partial charge >= 0.3 is 0 Å². The fourth-order valence-corrected chi connectivity index (χ4v) is 3.28. The number of β-amino-alcohol motifs (C(OH)–C–C–N with tert-alkyl or cyclic N) is 1. The second kappa shape index (κ2) is 5.43. The van der Waals surface area contributed by atoms with E-state index in [1.807, 2.05) is 6.07 Å². The Balaban J connectivity index is 1.45. The first-order chi connectivity index (χ1) is 11.1. The van der Waals surface area contributed by atoms with Crippen molar-refractivity contribution in [3.8, 4) is 0 Å². The third kappa shape index (κ3) is 2.97. The molecule has 0 saturated carbocycles. The lowest BCUT2D eigenvalue weighted by Crippen LogP contribution is -2.37. The Bertz CT molecular complexity index is 811. The molecule has 0 amide bonds. The molecule has 0 spiro atoms. The summed E-state index contributed by atoms with van der Waals surface area (Å²) in [6.07, 6.45) is 8.30. The minimum Gasteiger partial charge on any atom is -0.387 e. The molecule has 1 saturated heterocycles. The summed E-state index contributed by atoms with van der Waals surface area (Å²) in [6, 6.07) is 4.10. The maximum atomic E-state index is 10.7. The third-order valence-corrected chi connectivity index (χ3v) is 4.37. The van der Waals surface area contributed by atoms with Gasteiger partial charge in [-0.05, 0) is 25.0 Å². The Kier molecular flexibility index (Phi) is 3.39. The summed E-state index contributed by atoms with van der Waals surface area (Å²) in [7, 11) is 0. The van der Waals surface area contributed by atoms with Crippen LogP contribution in [0.4, 0.5) is 0 Å². The van der Waals surface area contributed by atoms with Crippen molar-refractivity contribution >= 4 is 5.65 Å². The van der Waals surface area contributed by atoms with Gasteiger partial charge in [0.05, 0.1) is 24.0 Å². The van der Waals surface area contributed by atoms with Crippen molar-refractivity contribution < 1.29 is 5.11 Å². The summed E-state index contributed by atoms with van der Waals surface area (Å²) < 4.78 is 3.75. The highest BCUT2D eigenvalue weighted by atomic mass is 16.3. The molecule has 3 aromatic heterocycles. The van der Waals surface area contributed by atoms with Gasteiger partial charge in [-0.2, -0.15) is 0 Å². The summed E-state index contributed by atoms with van der Waals surface area (Å²) in [5.74, 6) is 0. The molecule has 1 unspecified atom stereocenters. The second-order valence-electron chi connectivity index (χ2n) is 6.49. The van der Waals surface area contributed by atoms with E-state index in [-0.39, 0.29) is 0 Å². The van der Waals surface area contributed by atoms with Gasteiger partial charge < -0.3 is 9.51 Å². The zero-order valence-corrected chi connectivity index (χ0v) is 13.1. The highest BCUT2D eigenvalue weighted by Crippen LogP contribution is 2.24. The van der Waals surface area contributed by atoms with Crippen LogP contribution in [0.3, 0.4) is 0 Å². The maximum absolute atomic E-state index is 10.7. The van der Waals surface area contributed by atoms with Gasteiger partial charge in [-0.1, -0.05) is 11.3 Å². The number of hydrogen-bond donors (Lipinski definition) is 1. The number of imidazole rings is 1. The van der Waals surface area contributed by atoms with E-state index in [1.54, 1.807) is 17.1 Å². The van der Waals surface area contributed by atoms with E-state index in [4.69, 9.17) is 0 Å². The summed E-state index contributed by atoms with van der Waals surface area (Å²) in [6.45, 7) is 4.79. The van der Waals surface area contributed by atoms with Gasteiger partial charge in [0.2, 0.25) is 0 Å². The van der Waals surface area contributed by atoms with Crippen LogP contribution in [0.15, 0.2) is 36.9 Å². The molecule has 3 aromatic rings. The van der Waals surface area contributed by atoms with Crippen molar-refractivity contribution in [2.45, 2.75) is 32.0 Å². The van der Waals surface area contributed by atoms with E-state index in [1.165, 1.54) is 5.56 Å². The Morgan fingerprint density at radius 3 is 3.04 bits per heavy atom. The number of aryl methyl sites for hydroxylation is 1. The first-order valence-electron chi connectivity index (χ1n) is 7.83. The maximum Gasteiger partial charge on any atom is 0.137 e. The molecular formula is C16H20N6O. The number of rotatable bonds is 4. The Hall–Kier alpha value is -2.25. The predicted molar refractivity (Wildman–Crippen MR) is 84.8 cm³/mol. The highest BCUT2D eigenvalue weighted by Gasteiger charge is 2.36. The van der Waals surface area contributed by atoms with Crippen molar-refractivity contribution in [2.75, 3.05) is 13.1 Å². The lowest BCUT2D eigenvalue weighted by molar-refractivity contribution is 0.0273. The molecule has 1 aliphatic heterocycles. The zero-order chi connectivity index (χ0) is 15.9. The molecular weight excluding hydrogens is 292 g/mol. The molecule has 1 N–H and O–H groups in total. The van der Waals surface area contributed by atoms with Crippen molar-refractivity contribution in [1.82, 2.24) is 29.3 Å². The number of likely N-dealkylation sites (tertiary alicyclic amines) is 1. The van der Waals surface area contributed by atoms with E-state index in [2.05, 4.69) is 50.0 Å². The van der Waals surface area contributed by atoms with Gasteiger partial charge in [0.1, 0.15) is 5.65 Å². The van der Waals surface area contributed by atoms with E-state index in [0.717, 1.165) is 30.9 Å². The monoisotopic (exact) mass is 312 g/mol. The van der Waals surface area contributed by atoms with Gasteiger partial charge in [0.15, 0.2) is 0 Å². The number of aromatic nitrogens is 5. The molecule has 23 heavy (non-hydrogen) atoms. The van der Waals surface area contributed by atoms with Crippen LogP contribution in [0.25, 0.3) is 5.65 Å². The van der Waals surface area contributed by atoms with Crippen LogP contribution < -0.4 is 0 Å². The van der Waals surface area contributed by atoms with Crippen LogP contribution in [0.2, 0.25) is 0 Å². The SMILES string of the molecule is Cc1ccc2nc(CN3CCC(O)(Cn4ccnn4)C3)cn2c1. The number of nitrogens with zero attached hydrogens (tertiary/aromatic N) is 6. The normalized spacial score (nSPS) is 22.2. The number of pyridine rings is 1. The molecule has 4 heterocycles. The van der Waals surface area contributed by atoms with Crippen LogP contribution in [0, 0.1) is 6.92 Å². The molecule has 1 atom stereocenters. The highest BCUT2D eigenvalue weighted by molar-refractivity contribution is 5.41. The molecule has 120 valence electrons. The lowest BCUT2D eigenvalue weighted by Gasteiger charge is -2.22. The number of hydrogen-bond acceptors (Lipinski definition) is 5. The minimum absolute atomic E-state index is 0.480. The summed E-state index contributed by atoms with van der Waals surface area (Å²) in [5.41, 5.74) is 2.46. The van der Waals surface area contributed by atoms with Crippen LogP contribution in [0.5, 0.6) is 0 Å². The van der Waals surface area contributed by atoms with Gasteiger partial charge in [-0.15, -0.1) is 5.10 Å². The van der Waals surface area contributed by atoms with Crippen LogP contribution in [0.1, 0.15) is 17.7 Å². The van der Waals surface area contributed by atoms with Gasteiger partial charge in [-0.3, -0.25) is 4.90 Å². The molecule has 1 aliphatic rings. The minimum atomic E-state index is -0.747. The molecule has 0 aromatic carbocycles. The molecule has 0 radical (unpaired) electrons. The fourth-order valence-electron chi connectivity index (χ4n) is 3.28. The van der Waals surface area contributed by atoms with Crippen molar-refractivity contribution in [3.05, 3.63) is 48.2 Å². The molecule has 7 nitrogen and oxygen atoms in total. The van der Waals surface area contributed by atoms with Gasteiger partial charge in [0.25, 0.3) is 0 Å². The predicted octanol–water partition coefficient (Wildman–Crippen LogP) is 0.871. The van der Waals surface area contributed by atoms with Gasteiger partial charge in [0, 0.05) is 38.2 Å². The van der Waals surface area contributed by atoms with Crippen molar-refractivity contribution in [3.63, 3.8) is 0 Å². The lowest BCUT2D eigenvalue weighted by atomic mass is 10.0. The fraction of sp³-hybridized carbons (Fsp3) is 0.438. The van der Waals surface area contributed by atoms with Gasteiger partial charge in [-0.25, -0.2) is 9.67 Å².